The first-order valence-electron chi connectivity index (χ1n) is 5.12. The highest BCUT2D eigenvalue weighted by molar-refractivity contribution is 8.04. The fraction of sp³-hybridized carbons (Fsp3) is 0.600. The van der Waals surface area contributed by atoms with Gasteiger partial charge in [-0.3, -0.25) is 4.79 Å². The van der Waals surface area contributed by atoms with Crippen LogP contribution in [0.3, 0.4) is 0 Å². The number of nitrogens with two attached hydrogens (primary N) is 1. The Morgan fingerprint density at radius 1 is 1.69 bits per heavy atom. The van der Waals surface area contributed by atoms with Gasteiger partial charge in [-0.05, 0) is 19.9 Å². The van der Waals surface area contributed by atoms with Crippen LogP contribution in [0.15, 0.2) is 11.1 Å². The number of carbonyl (C=O) groups is 2. The van der Waals surface area contributed by atoms with Crippen molar-refractivity contribution in [2.75, 3.05) is 20.2 Å². The Morgan fingerprint density at radius 3 is 2.94 bits per heavy atom. The minimum atomic E-state index is -0.418. The van der Waals surface area contributed by atoms with E-state index in [0.29, 0.717) is 24.6 Å². The number of carbonyl (C=O) groups excluding carboxylic acids is 2. The predicted octanol–water partition coefficient (Wildman–Crippen LogP) is 0.314. The maximum atomic E-state index is 11.7. The summed E-state index contributed by atoms with van der Waals surface area (Å²) in [5.41, 5.74) is 5.42. The van der Waals surface area contributed by atoms with Crippen LogP contribution in [0.4, 0.5) is 0 Å². The molecule has 0 bridgehead atoms. The van der Waals surface area contributed by atoms with Gasteiger partial charge in [0.05, 0.1) is 23.0 Å². The molecule has 0 spiro atoms. The molecular weight excluding hydrogens is 228 g/mol. The van der Waals surface area contributed by atoms with Crippen molar-refractivity contribution in [2.45, 2.75) is 18.6 Å². The molecule has 0 aliphatic carbocycles. The average Bonchev–Trinajstić information content (AvgIpc) is 2.48. The zero-order valence-electron chi connectivity index (χ0n) is 9.43. The Morgan fingerprint density at radius 2 is 2.38 bits per heavy atom. The minimum Gasteiger partial charge on any atom is -0.463 e. The van der Waals surface area contributed by atoms with Crippen molar-refractivity contribution >= 4 is 23.6 Å². The molecule has 1 heterocycles. The molecule has 1 aliphatic heterocycles. The lowest BCUT2D eigenvalue weighted by Crippen LogP contribution is -2.26. The van der Waals surface area contributed by atoms with E-state index in [9.17, 15) is 9.59 Å². The number of hydrogen-bond acceptors (Lipinski definition) is 5. The maximum absolute atomic E-state index is 11.7. The molecule has 0 saturated carbocycles. The predicted molar refractivity (Wildman–Crippen MR) is 62.5 cm³/mol. The van der Waals surface area contributed by atoms with Crippen molar-refractivity contribution in [3.8, 4) is 0 Å². The standard InChI is InChI=1S/C10H16N2O3S/c1-3-15-9(13)6-8-12(2)10(14)7(16-8)4-5-11/h6-7H,3-5,11H2,1-2H3/b8-6-. The SMILES string of the molecule is CCOC(=O)/C=C1\SC(CCN)C(=O)N1C. The van der Waals surface area contributed by atoms with Crippen LogP contribution in [0.25, 0.3) is 0 Å². The summed E-state index contributed by atoms with van der Waals surface area (Å²) >= 11 is 1.36. The third-order valence-electron chi connectivity index (χ3n) is 2.16. The quantitative estimate of drug-likeness (QED) is 0.569. The smallest absolute Gasteiger partial charge is 0.333 e. The number of thioether (sulfide) groups is 1. The molecule has 0 aromatic carbocycles. The maximum Gasteiger partial charge on any atom is 0.333 e. The van der Waals surface area contributed by atoms with E-state index in [2.05, 4.69) is 0 Å². The van der Waals surface area contributed by atoms with Gasteiger partial charge in [-0.1, -0.05) is 11.8 Å². The average molecular weight is 244 g/mol. The van der Waals surface area contributed by atoms with E-state index >= 15 is 0 Å². The van der Waals surface area contributed by atoms with E-state index in [-0.39, 0.29) is 11.2 Å². The van der Waals surface area contributed by atoms with Crippen molar-refractivity contribution in [3.63, 3.8) is 0 Å². The molecule has 16 heavy (non-hydrogen) atoms. The molecule has 1 fully saturated rings. The number of rotatable bonds is 4. The molecule has 1 unspecified atom stereocenters. The number of nitrogens with zero attached hydrogens (tertiary/aromatic N) is 1. The first kappa shape index (κ1) is 13.1. The lowest BCUT2D eigenvalue weighted by molar-refractivity contribution is -0.137. The fourth-order valence-electron chi connectivity index (χ4n) is 1.35. The van der Waals surface area contributed by atoms with Crippen LogP contribution in [0.5, 0.6) is 0 Å². The summed E-state index contributed by atoms with van der Waals surface area (Å²) < 4.78 is 4.79. The second kappa shape index (κ2) is 5.91. The molecular formula is C10H16N2O3S. The van der Waals surface area contributed by atoms with Gasteiger partial charge >= 0.3 is 5.97 Å². The van der Waals surface area contributed by atoms with Crippen molar-refractivity contribution < 1.29 is 14.3 Å². The summed E-state index contributed by atoms with van der Waals surface area (Å²) in [6, 6.07) is 0. The third-order valence-corrected chi connectivity index (χ3v) is 3.51. The Kier molecular flexibility index (Phi) is 4.82. The highest BCUT2D eigenvalue weighted by Crippen LogP contribution is 2.35. The van der Waals surface area contributed by atoms with Gasteiger partial charge in [-0.15, -0.1) is 0 Å². The van der Waals surface area contributed by atoms with Crippen LogP contribution in [-0.2, 0) is 14.3 Å². The second-order valence-electron chi connectivity index (χ2n) is 3.32. The Labute approximate surface area is 99.0 Å². The number of esters is 1. The molecule has 90 valence electrons. The lowest BCUT2D eigenvalue weighted by atomic mass is 10.3. The Bertz CT molecular complexity index is 317. The summed E-state index contributed by atoms with van der Waals surface area (Å²) in [7, 11) is 1.65. The van der Waals surface area contributed by atoms with Crippen LogP contribution in [0, 0.1) is 0 Å². The van der Waals surface area contributed by atoms with Gasteiger partial charge in [-0.25, -0.2) is 4.79 Å². The van der Waals surface area contributed by atoms with Crippen molar-refractivity contribution in [1.82, 2.24) is 4.90 Å². The van der Waals surface area contributed by atoms with E-state index in [1.54, 1.807) is 14.0 Å². The molecule has 0 radical (unpaired) electrons. The van der Waals surface area contributed by atoms with Gasteiger partial charge in [0.1, 0.15) is 0 Å². The highest BCUT2D eigenvalue weighted by Gasteiger charge is 2.33. The second-order valence-corrected chi connectivity index (χ2v) is 4.54. The van der Waals surface area contributed by atoms with E-state index in [4.69, 9.17) is 10.5 Å². The minimum absolute atomic E-state index is 0.00833. The molecule has 1 rings (SSSR count). The molecule has 5 nitrogen and oxygen atoms in total. The Hall–Kier alpha value is -1.01. The first-order chi connectivity index (χ1) is 7.60. The topological polar surface area (TPSA) is 72.6 Å². The summed E-state index contributed by atoms with van der Waals surface area (Å²) in [5, 5.41) is 0.456. The van der Waals surface area contributed by atoms with E-state index in [1.165, 1.54) is 22.7 Å². The van der Waals surface area contributed by atoms with Crippen molar-refractivity contribution in [2.24, 2.45) is 5.73 Å². The number of amides is 1. The first-order valence-corrected chi connectivity index (χ1v) is 6.00. The van der Waals surface area contributed by atoms with Gasteiger partial charge < -0.3 is 15.4 Å². The van der Waals surface area contributed by atoms with E-state index in [0.717, 1.165) is 0 Å². The summed E-state index contributed by atoms with van der Waals surface area (Å²) in [6.45, 7) is 2.53. The van der Waals surface area contributed by atoms with E-state index in [1.807, 2.05) is 0 Å². The lowest BCUT2D eigenvalue weighted by Gasteiger charge is -2.08. The fourth-order valence-corrected chi connectivity index (χ4v) is 2.57. The summed E-state index contributed by atoms with van der Waals surface area (Å²) in [4.78, 5) is 24.4. The van der Waals surface area contributed by atoms with Crippen molar-refractivity contribution in [1.29, 1.82) is 0 Å². The molecule has 1 saturated heterocycles. The van der Waals surface area contributed by atoms with Gasteiger partial charge in [0, 0.05) is 7.05 Å². The summed E-state index contributed by atoms with van der Waals surface area (Å²) in [5.74, 6) is -0.427. The van der Waals surface area contributed by atoms with Crippen LogP contribution in [0.2, 0.25) is 0 Å². The molecule has 2 N–H and O–H groups in total. The zero-order chi connectivity index (χ0) is 12.1. The summed E-state index contributed by atoms with van der Waals surface area (Å²) in [6.07, 6.45) is 1.97. The number of hydrogen-bond donors (Lipinski definition) is 1. The monoisotopic (exact) mass is 244 g/mol. The van der Waals surface area contributed by atoms with Crippen molar-refractivity contribution in [3.05, 3.63) is 11.1 Å². The molecule has 1 atom stereocenters. The number of ether oxygens (including phenoxy) is 1. The van der Waals surface area contributed by atoms with Crippen LogP contribution < -0.4 is 5.73 Å². The molecule has 1 amide bonds. The zero-order valence-corrected chi connectivity index (χ0v) is 10.3. The van der Waals surface area contributed by atoms with Gasteiger partial charge in [0.2, 0.25) is 5.91 Å². The Balaban J connectivity index is 2.69. The molecule has 1 aliphatic rings. The molecule has 0 aromatic rings. The van der Waals surface area contributed by atoms with Gasteiger partial charge in [0.25, 0.3) is 0 Å². The van der Waals surface area contributed by atoms with Crippen LogP contribution in [0.1, 0.15) is 13.3 Å². The highest BCUT2D eigenvalue weighted by atomic mass is 32.2. The van der Waals surface area contributed by atoms with Crippen LogP contribution >= 0.6 is 11.8 Å². The van der Waals surface area contributed by atoms with Crippen LogP contribution in [-0.4, -0.2) is 42.2 Å². The molecule has 0 aromatic heterocycles. The molecule has 6 heteroatoms. The van der Waals surface area contributed by atoms with E-state index < -0.39 is 5.97 Å². The van der Waals surface area contributed by atoms with Gasteiger partial charge in [-0.2, -0.15) is 0 Å². The third kappa shape index (κ3) is 2.99. The largest absolute Gasteiger partial charge is 0.463 e. The normalized spacial score (nSPS) is 22.9. The van der Waals surface area contributed by atoms with Gasteiger partial charge in [0.15, 0.2) is 0 Å².